The molecule has 0 saturated carbocycles. The van der Waals surface area contributed by atoms with Crippen molar-refractivity contribution in [1.82, 2.24) is 0 Å². The quantitative estimate of drug-likeness (QED) is 0.763. The van der Waals surface area contributed by atoms with Crippen LogP contribution in [0, 0.1) is 0 Å². The number of carboxylic acid groups (broad SMARTS) is 1. The van der Waals surface area contributed by atoms with Crippen LogP contribution in [0.2, 0.25) is 0 Å². The second-order valence-electron chi connectivity index (χ2n) is 3.35. The lowest BCUT2D eigenvalue weighted by Crippen LogP contribution is -2.31. The van der Waals surface area contributed by atoms with Crippen LogP contribution in [0.1, 0.15) is 25.8 Å². The first-order valence-corrected chi connectivity index (χ1v) is 6.02. The van der Waals surface area contributed by atoms with Crippen LogP contribution < -0.4 is 10.0 Å². The van der Waals surface area contributed by atoms with E-state index in [1.165, 1.54) is 0 Å². The van der Waals surface area contributed by atoms with E-state index in [2.05, 4.69) is 9.24 Å². The van der Waals surface area contributed by atoms with Gasteiger partial charge in [-0.25, -0.2) is 4.79 Å². The molecule has 1 aliphatic rings. The van der Waals surface area contributed by atoms with Crippen molar-refractivity contribution in [2.45, 2.75) is 32.8 Å². The number of ether oxygens (including phenoxy) is 1. The average molecular weight is 240 g/mol. The molecule has 0 radical (unpaired) electrons. The van der Waals surface area contributed by atoms with Gasteiger partial charge in [0, 0.05) is 0 Å². The maximum absolute atomic E-state index is 10.7. The second kappa shape index (κ2) is 5.86. The molecule has 0 aromatic heterocycles. The van der Waals surface area contributed by atoms with Gasteiger partial charge in [-0.2, -0.15) is 0 Å². The Morgan fingerprint density at radius 3 is 2.81 bits per heavy atom. The zero-order valence-electron chi connectivity index (χ0n) is 9.56. The highest BCUT2D eigenvalue weighted by Gasteiger charge is 2.25. The van der Waals surface area contributed by atoms with E-state index in [4.69, 9.17) is 9.84 Å². The third kappa shape index (κ3) is 2.96. The SMILES string of the molecule is CC.O=C(O)C1CCc2cc(P)ccc2O1. The first kappa shape index (κ1) is 13.0. The Hall–Kier alpha value is -1.08. The van der Waals surface area contributed by atoms with Gasteiger partial charge in [0.25, 0.3) is 0 Å². The Balaban J connectivity index is 0.000000606. The lowest BCUT2D eigenvalue weighted by Gasteiger charge is -2.23. The summed E-state index contributed by atoms with van der Waals surface area (Å²) in [6.07, 6.45) is 0.642. The van der Waals surface area contributed by atoms with Crippen molar-refractivity contribution in [3.05, 3.63) is 23.8 Å². The summed E-state index contributed by atoms with van der Waals surface area (Å²) in [5.74, 6) is -0.180. The van der Waals surface area contributed by atoms with Crippen LogP contribution in [0.3, 0.4) is 0 Å². The van der Waals surface area contributed by atoms with Crippen LogP contribution in [0.5, 0.6) is 5.75 Å². The number of hydrogen-bond acceptors (Lipinski definition) is 2. The van der Waals surface area contributed by atoms with Gasteiger partial charge >= 0.3 is 5.97 Å². The summed E-state index contributed by atoms with van der Waals surface area (Å²) in [7, 11) is 2.62. The largest absolute Gasteiger partial charge is 0.479 e. The number of hydrogen-bond donors (Lipinski definition) is 1. The molecule has 0 amide bonds. The lowest BCUT2D eigenvalue weighted by molar-refractivity contribution is -0.145. The molecule has 4 heteroatoms. The monoisotopic (exact) mass is 240 g/mol. The molecule has 88 valence electrons. The van der Waals surface area contributed by atoms with Crippen molar-refractivity contribution >= 4 is 20.5 Å². The zero-order valence-corrected chi connectivity index (χ0v) is 10.7. The van der Waals surface area contributed by atoms with Crippen LogP contribution in [0.4, 0.5) is 0 Å². The van der Waals surface area contributed by atoms with Crippen LogP contribution in [0.25, 0.3) is 0 Å². The van der Waals surface area contributed by atoms with Crippen molar-refractivity contribution in [2.75, 3.05) is 0 Å². The summed E-state index contributed by atoms with van der Waals surface area (Å²) in [5, 5.41) is 9.89. The highest BCUT2D eigenvalue weighted by atomic mass is 31.0. The Labute approximate surface area is 98.0 Å². The molecule has 3 nitrogen and oxygen atoms in total. The molecule has 0 saturated heterocycles. The number of benzene rings is 1. The summed E-state index contributed by atoms with van der Waals surface area (Å²) in [4.78, 5) is 10.7. The predicted molar refractivity (Wildman–Crippen MR) is 67.5 cm³/mol. The smallest absolute Gasteiger partial charge is 0.344 e. The molecule has 16 heavy (non-hydrogen) atoms. The summed E-state index contributed by atoms with van der Waals surface area (Å²) in [6, 6.07) is 5.73. The minimum absolute atomic E-state index is 0.552. The topological polar surface area (TPSA) is 46.5 Å². The molecule has 2 atom stereocenters. The molecule has 0 aliphatic carbocycles. The zero-order chi connectivity index (χ0) is 12.1. The first-order valence-electron chi connectivity index (χ1n) is 5.44. The molecular weight excluding hydrogens is 223 g/mol. The highest BCUT2D eigenvalue weighted by molar-refractivity contribution is 7.27. The Morgan fingerprint density at radius 2 is 2.19 bits per heavy atom. The third-order valence-electron chi connectivity index (χ3n) is 2.31. The van der Waals surface area contributed by atoms with Crippen LogP contribution in [0.15, 0.2) is 18.2 Å². The van der Waals surface area contributed by atoms with Gasteiger partial charge in [-0.1, -0.05) is 19.9 Å². The van der Waals surface area contributed by atoms with Gasteiger partial charge in [0.05, 0.1) is 0 Å². The second-order valence-corrected chi connectivity index (χ2v) is 4.02. The summed E-state index contributed by atoms with van der Waals surface area (Å²) >= 11 is 0. The molecule has 2 unspecified atom stereocenters. The van der Waals surface area contributed by atoms with E-state index in [0.29, 0.717) is 12.2 Å². The van der Waals surface area contributed by atoms with Gasteiger partial charge in [-0.05, 0) is 35.8 Å². The average Bonchev–Trinajstić information content (AvgIpc) is 2.30. The third-order valence-corrected chi connectivity index (χ3v) is 2.66. The van der Waals surface area contributed by atoms with Gasteiger partial charge in [-0.15, -0.1) is 9.24 Å². The lowest BCUT2D eigenvalue weighted by atomic mass is 10.0. The Kier molecular flexibility index (Phi) is 4.75. The summed E-state index contributed by atoms with van der Waals surface area (Å²) < 4.78 is 5.34. The van der Waals surface area contributed by atoms with Gasteiger partial charge in [0.1, 0.15) is 5.75 Å². The van der Waals surface area contributed by atoms with Crippen molar-refractivity contribution in [2.24, 2.45) is 0 Å². The van der Waals surface area contributed by atoms with Crippen molar-refractivity contribution in [1.29, 1.82) is 0 Å². The molecule has 0 bridgehead atoms. The van der Waals surface area contributed by atoms with Gasteiger partial charge in [0.2, 0.25) is 0 Å². The standard InChI is InChI=1S/C10H11O3P.C2H6/c11-10(12)9-3-1-6-5-7(14)2-4-8(6)13-9;1-2/h2,4-5,9H,1,3,14H2,(H,11,12);1-2H3. The van der Waals surface area contributed by atoms with Crippen molar-refractivity contribution in [3.63, 3.8) is 0 Å². The maximum Gasteiger partial charge on any atom is 0.344 e. The molecule has 1 heterocycles. The number of fused-ring (bicyclic) bond motifs is 1. The molecule has 1 aromatic rings. The molecule has 1 aromatic carbocycles. The fourth-order valence-corrected chi connectivity index (χ4v) is 1.88. The van der Waals surface area contributed by atoms with Crippen molar-refractivity contribution in [3.8, 4) is 5.75 Å². The summed E-state index contributed by atoms with van der Waals surface area (Å²) in [5.41, 5.74) is 1.09. The molecule has 2 rings (SSSR count). The molecule has 1 N–H and O–H groups in total. The number of carbonyl (C=O) groups is 1. The fraction of sp³-hybridized carbons (Fsp3) is 0.417. The Morgan fingerprint density at radius 1 is 1.50 bits per heavy atom. The minimum atomic E-state index is -0.884. The molecule has 0 spiro atoms. The molecular formula is C12H17O3P. The Bertz CT molecular complexity index is 377. The normalized spacial score (nSPS) is 17.6. The van der Waals surface area contributed by atoms with E-state index in [-0.39, 0.29) is 0 Å². The van der Waals surface area contributed by atoms with E-state index in [9.17, 15) is 4.79 Å². The number of aliphatic carboxylic acids is 1. The van der Waals surface area contributed by atoms with Crippen molar-refractivity contribution < 1.29 is 14.6 Å². The number of aryl methyl sites for hydroxylation is 1. The maximum atomic E-state index is 10.7. The van der Waals surface area contributed by atoms with Gasteiger partial charge < -0.3 is 9.84 Å². The van der Waals surface area contributed by atoms with Crippen LogP contribution in [-0.2, 0) is 11.2 Å². The predicted octanol–water partition coefficient (Wildman–Crippen LogP) is 1.99. The molecule has 0 fully saturated rings. The van der Waals surface area contributed by atoms with Gasteiger partial charge in [0.15, 0.2) is 6.10 Å². The highest BCUT2D eigenvalue weighted by Crippen LogP contribution is 2.26. The number of carboxylic acids is 1. The van der Waals surface area contributed by atoms with E-state index in [1.54, 1.807) is 0 Å². The minimum Gasteiger partial charge on any atom is -0.479 e. The van der Waals surface area contributed by atoms with E-state index >= 15 is 0 Å². The van der Waals surface area contributed by atoms with E-state index in [0.717, 1.165) is 17.3 Å². The first-order chi connectivity index (χ1) is 7.66. The van der Waals surface area contributed by atoms with Crippen LogP contribution in [-0.4, -0.2) is 17.2 Å². The summed E-state index contributed by atoms with van der Waals surface area (Å²) in [6.45, 7) is 4.00. The molecule has 1 aliphatic heterocycles. The van der Waals surface area contributed by atoms with Crippen LogP contribution >= 0.6 is 9.24 Å². The van der Waals surface area contributed by atoms with E-state index < -0.39 is 12.1 Å². The van der Waals surface area contributed by atoms with E-state index in [1.807, 2.05) is 32.0 Å². The fourth-order valence-electron chi connectivity index (χ4n) is 1.58. The number of rotatable bonds is 1. The van der Waals surface area contributed by atoms with Gasteiger partial charge in [-0.3, -0.25) is 0 Å².